The first-order chi connectivity index (χ1) is 9.86. The highest BCUT2D eigenvalue weighted by molar-refractivity contribution is 5.90. The largest absolute Gasteiger partial charge is 0.467 e. The number of carbonyl (C=O) groups excluding carboxylic acids is 1. The maximum absolute atomic E-state index is 12.5. The molecule has 5 nitrogen and oxygen atoms in total. The first kappa shape index (κ1) is 14.9. The van der Waals surface area contributed by atoms with Gasteiger partial charge < -0.3 is 13.9 Å². The number of benzene rings is 1. The zero-order valence-electron chi connectivity index (χ0n) is 11.0. The maximum Gasteiger partial charge on any atom is 0.416 e. The van der Waals surface area contributed by atoms with Crippen LogP contribution in [-0.2, 0) is 10.9 Å². The van der Waals surface area contributed by atoms with Gasteiger partial charge >= 0.3 is 18.1 Å². The van der Waals surface area contributed by atoms with Crippen LogP contribution >= 0.6 is 0 Å². The molecule has 112 valence electrons. The Labute approximate surface area is 117 Å². The first-order valence-electron chi connectivity index (χ1n) is 5.67. The molecule has 1 aromatic carbocycles. The van der Waals surface area contributed by atoms with E-state index in [1.165, 1.54) is 19.2 Å². The second-order valence-electron chi connectivity index (χ2n) is 3.93. The molecule has 0 aliphatic heterocycles. The van der Waals surface area contributed by atoms with Crippen molar-refractivity contribution < 1.29 is 31.9 Å². The lowest BCUT2D eigenvalue weighted by molar-refractivity contribution is -0.137. The summed E-state index contributed by atoms with van der Waals surface area (Å²) in [6.45, 7) is 0. The minimum atomic E-state index is -4.43. The Kier molecular flexibility index (Phi) is 3.88. The van der Waals surface area contributed by atoms with Gasteiger partial charge in [-0.15, -0.1) is 0 Å². The third-order valence-corrected chi connectivity index (χ3v) is 2.62. The average molecular weight is 301 g/mol. The molecule has 1 aromatic heterocycles. The predicted molar refractivity (Wildman–Crippen MR) is 64.8 cm³/mol. The molecule has 0 aliphatic rings. The van der Waals surface area contributed by atoms with E-state index in [0.717, 1.165) is 19.2 Å². The number of halogens is 3. The number of alkyl halides is 3. The number of carbonyl (C=O) groups is 1. The molecule has 0 saturated carbocycles. The van der Waals surface area contributed by atoms with E-state index in [-0.39, 0.29) is 23.1 Å². The lowest BCUT2D eigenvalue weighted by atomic mass is 10.1. The van der Waals surface area contributed by atoms with E-state index in [9.17, 15) is 18.0 Å². The van der Waals surface area contributed by atoms with E-state index in [4.69, 9.17) is 9.15 Å². The van der Waals surface area contributed by atoms with Crippen LogP contribution in [0.3, 0.4) is 0 Å². The molecule has 0 fully saturated rings. The van der Waals surface area contributed by atoms with E-state index in [0.29, 0.717) is 0 Å². The molecule has 0 N–H and O–H groups in total. The molecule has 1 heterocycles. The summed E-state index contributed by atoms with van der Waals surface area (Å²) in [5.41, 5.74) is -0.704. The summed E-state index contributed by atoms with van der Waals surface area (Å²) < 4.78 is 52.0. The van der Waals surface area contributed by atoms with Gasteiger partial charge in [0.05, 0.1) is 19.8 Å². The zero-order chi connectivity index (χ0) is 15.6. The lowest BCUT2D eigenvalue weighted by Crippen LogP contribution is -2.04. The van der Waals surface area contributed by atoms with Crippen molar-refractivity contribution in [3.8, 4) is 17.4 Å². The van der Waals surface area contributed by atoms with Gasteiger partial charge in [-0.05, 0) is 24.3 Å². The number of methoxy groups -OCH3 is 2. The quantitative estimate of drug-likeness (QED) is 0.815. The normalized spacial score (nSPS) is 11.3. The molecule has 0 aliphatic carbocycles. The van der Waals surface area contributed by atoms with E-state index in [1.807, 2.05) is 0 Å². The molecular weight excluding hydrogens is 291 g/mol. The molecule has 0 bridgehead atoms. The van der Waals surface area contributed by atoms with Crippen LogP contribution in [0.25, 0.3) is 11.5 Å². The highest BCUT2D eigenvalue weighted by Gasteiger charge is 2.30. The Morgan fingerprint density at radius 1 is 1.19 bits per heavy atom. The average Bonchev–Trinajstić information content (AvgIpc) is 2.90. The highest BCUT2D eigenvalue weighted by Crippen LogP contribution is 2.32. The summed E-state index contributed by atoms with van der Waals surface area (Å²) in [5.74, 6) is -0.980. The third kappa shape index (κ3) is 2.99. The summed E-state index contributed by atoms with van der Waals surface area (Å²) in [6, 6.07) is 4.16. The monoisotopic (exact) mass is 301 g/mol. The second-order valence-corrected chi connectivity index (χ2v) is 3.93. The van der Waals surface area contributed by atoms with Crippen LogP contribution in [0.15, 0.2) is 28.7 Å². The Balaban J connectivity index is 2.38. The number of ether oxygens (including phenoxy) is 2. The molecule has 2 rings (SSSR count). The van der Waals surface area contributed by atoms with Crippen molar-refractivity contribution in [2.45, 2.75) is 6.18 Å². The van der Waals surface area contributed by atoms with Crippen LogP contribution in [0.2, 0.25) is 0 Å². The maximum atomic E-state index is 12.5. The van der Waals surface area contributed by atoms with Gasteiger partial charge in [0.2, 0.25) is 11.6 Å². The number of hydrogen-bond acceptors (Lipinski definition) is 5. The number of hydrogen-bond donors (Lipinski definition) is 0. The van der Waals surface area contributed by atoms with Gasteiger partial charge in [0, 0.05) is 5.56 Å². The Bertz CT molecular complexity index is 646. The molecule has 0 saturated heterocycles. The summed E-state index contributed by atoms with van der Waals surface area (Å²) in [6.07, 6.45) is -4.43. The molecule has 0 unspecified atom stereocenters. The standard InChI is InChI=1S/C13H10F3NO4/c1-19-11(18)9-12(20-2)21-10(17-9)7-3-5-8(6-4-7)13(14,15)16/h3-6H,1-2H3. The number of esters is 1. The van der Waals surface area contributed by atoms with Crippen LogP contribution in [0.1, 0.15) is 16.1 Å². The molecule has 8 heteroatoms. The molecular formula is C13H10F3NO4. The Hall–Kier alpha value is -2.51. The number of nitrogens with zero attached hydrogens (tertiary/aromatic N) is 1. The van der Waals surface area contributed by atoms with Crippen molar-refractivity contribution in [2.24, 2.45) is 0 Å². The minimum absolute atomic E-state index is 0.0408. The Morgan fingerprint density at radius 3 is 2.29 bits per heavy atom. The fourth-order valence-electron chi connectivity index (χ4n) is 1.60. The fraction of sp³-hybridized carbons (Fsp3) is 0.231. The van der Waals surface area contributed by atoms with Crippen LogP contribution in [0, 0.1) is 0 Å². The van der Waals surface area contributed by atoms with Crippen LogP contribution < -0.4 is 4.74 Å². The van der Waals surface area contributed by atoms with Gasteiger partial charge in [-0.1, -0.05) is 0 Å². The first-order valence-corrected chi connectivity index (χ1v) is 5.67. The predicted octanol–water partition coefficient (Wildman–Crippen LogP) is 3.16. The van der Waals surface area contributed by atoms with Crippen molar-refractivity contribution in [1.29, 1.82) is 0 Å². The van der Waals surface area contributed by atoms with Crippen molar-refractivity contribution in [3.63, 3.8) is 0 Å². The van der Waals surface area contributed by atoms with Gasteiger partial charge in [0.25, 0.3) is 0 Å². The van der Waals surface area contributed by atoms with Gasteiger partial charge in [-0.3, -0.25) is 0 Å². The topological polar surface area (TPSA) is 61.6 Å². The van der Waals surface area contributed by atoms with Crippen molar-refractivity contribution >= 4 is 5.97 Å². The second kappa shape index (κ2) is 5.47. The van der Waals surface area contributed by atoms with Crippen molar-refractivity contribution in [1.82, 2.24) is 4.98 Å². The van der Waals surface area contributed by atoms with Gasteiger partial charge in [-0.25, -0.2) is 4.79 Å². The van der Waals surface area contributed by atoms with E-state index in [1.54, 1.807) is 0 Å². The van der Waals surface area contributed by atoms with Gasteiger partial charge in [0.1, 0.15) is 0 Å². The summed E-state index contributed by atoms with van der Waals surface area (Å²) >= 11 is 0. The number of aromatic nitrogens is 1. The van der Waals surface area contributed by atoms with E-state index < -0.39 is 17.7 Å². The van der Waals surface area contributed by atoms with Crippen molar-refractivity contribution in [2.75, 3.05) is 14.2 Å². The van der Waals surface area contributed by atoms with Crippen molar-refractivity contribution in [3.05, 3.63) is 35.5 Å². The van der Waals surface area contributed by atoms with Gasteiger partial charge in [-0.2, -0.15) is 18.2 Å². The van der Waals surface area contributed by atoms with E-state index in [2.05, 4.69) is 9.72 Å². The molecule has 0 atom stereocenters. The number of rotatable bonds is 3. The highest BCUT2D eigenvalue weighted by atomic mass is 19.4. The molecule has 0 amide bonds. The molecule has 0 spiro atoms. The minimum Gasteiger partial charge on any atom is -0.467 e. The lowest BCUT2D eigenvalue weighted by Gasteiger charge is -2.05. The zero-order valence-corrected chi connectivity index (χ0v) is 11.0. The smallest absolute Gasteiger partial charge is 0.416 e. The third-order valence-electron chi connectivity index (χ3n) is 2.62. The van der Waals surface area contributed by atoms with Gasteiger partial charge in [0.15, 0.2) is 0 Å². The van der Waals surface area contributed by atoms with Crippen LogP contribution in [-0.4, -0.2) is 25.2 Å². The Morgan fingerprint density at radius 2 is 1.81 bits per heavy atom. The molecule has 0 radical (unpaired) electrons. The molecule has 21 heavy (non-hydrogen) atoms. The van der Waals surface area contributed by atoms with Crippen LogP contribution in [0.4, 0.5) is 13.2 Å². The van der Waals surface area contributed by atoms with E-state index >= 15 is 0 Å². The fourth-order valence-corrected chi connectivity index (χ4v) is 1.60. The molecule has 2 aromatic rings. The SMILES string of the molecule is COC(=O)c1nc(-c2ccc(C(F)(F)F)cc2)oc1OC. The summed E-state index contributed by atoms with van der Waals surface area (Å²) in [7, 11) is 2.43. The summed E-state index contributed by atoms with van der Waals surface area (Å²) in [4.78, 5) is 15.3. The number of oxazole rings is 1. The van der Waals surface area contributed by atoms with Crippen LogP contribution in [0.5, 0.6) is 5.95 Å². The summed E-state index contributed by atoms with van der Waals surface area (Å²) in [5, 5.41) is 0.